The Balaban J connectivity index is 2.04. The molecule has 1 saturated heterocycles. The van der Waals surface area contributed by atoms with E-state index in [1.165, 1.54) is 6.07 Å². The number of likely N-dealkylation sites (tertiary alicyclic amines) is 1. The summed E-state index contributed by atoms with van der Waals surface area (Å²) in [5.74, 6) is -0.204. The van der Waals surface area contributed by atoms with E-state index >= 15 is 0 Å². The molecule has 0 radical (unpaired) electrons. The van der Waals surface area contributed by atoms with Crippen molar-refractivity contribution >= 4 is 0 Å². The lowest BCUT2D eigenvalue weighted by molar-refractivity contribution is 0.174. The van der Waals surface area contributed by atoms with Crippen LogP contribution in [-0.2, 0) is 13.1 Å². The summed E-state index contributed by atoms with van der Waals surface area (Å²) in [7, 11) is 0. The fourth-order valence-corrected chi connectivity index (χ4v) is 2.04. The first kappa shape index (κ1) is 11.5. The van der Waals surface area contributed by atoms with Crippen LogP contribution in [0.1, 0.15) is 17.5 Å². The Bertz CT molecular complexity index is 370. The van der Waals surface area contributed by atoms with Gasteiger partial charge in [-0.2, -0.15) is 0 Å². The number of aliphatic hydroxyl groups excluding tert-OH is 1. The molecule has 88 valence electrons. The van der Waals surface area contributed by atoms with Crippen LogP contribution in [0.2, 0.25) is 0 Å². The lowest BCUT2D eigenvalue weighted by Gasteiger charge is -2.15. The van der Waals surface area contributed by atoms with Crippen LogP contribution in [0.3, 0.4) is 0 Å². The van der Waals surface area contributed by atoms with Crippen LogP contribution in [0.25, 0.3) is 0 Å². The number of rotatable bonds is 3. The van der Waals surface area contributed by atoms with Crippen molar-refractivity contribution in [3.05, 3.63) is 35.1 Å². The number of halogens is 1. The van der Waals surface area contributed by atoms with E-state index in [9.17, 15) is 9.50 Å². The Morgan fingerprint density at radius 2 is 2.31 bits per heavy atom. The van der Waals surface area contributed by atoms with Gasteiger partial charge in [-0.1, -0.05) is 12.1 Å². The summed E-state index contributed by atoms with van der Waals surface area (Å²) in [6.07, 6.45) is 0.522. The van der Waals surface area contributed by atoms with Gasteiger partial charge in [0.1, 0.15) is 5.82 Å². The summed E-state index contributed by atoms with van der Waals surface area (Å²) in [4.78, 5) is 2.06. The van der Waals surface area contributed by atoms with Gasteiger partial charge < -0.3 is 10.8 Å². The third-order valence-electron chi connectivity index (χ3n) is 2.99. The molecule has 1 aliphatic rings. The average Bonchev–Trinajstić information content (AvgIpc) is 2.67. The van der Waals surface area contributed by atoms with Crippen molar-refractivity contribution < 1.29 is 9.50 Å². The van der Waals surface area contributed by atoms with Crippen LogP contribution in [0.4, 0.5) is 4.39 Å². The maximum Gasteiger partial charge on any atom is 0.128 e. The van der Waals surface area contributed by atoms with E-state index in [2.05, 4.69) is 4.90 Å². The number of β-amino-alcohol motifs (C(OH)–C–C–N with tert-alkyl or cyclic N) is 1. The SMILES string of the molecule is NCc1ccc(CN2CCC(O)C2)c(F)c1. The molecule has 1 unspecified atom stereocenters. The largest absolute Gasteiger partial charge is 0.392 e. The zero-order valence-electron chi connectivity index (χ0n) is 9.19. The molecule has 3 nitrogen and oxygen atoms in total. The van der Waals surface area contributed by atoms with Crippen molar-refractivity contribution in [2.45, 2.75) is 25.6 Å². The molecular formula is C12H17FN2O. The Kier molecular flexibility index (Phi) is 3.53. The van der Waals surface area contributed by atoms with E-state index in [-0.39, 0.29) is 11.9 Å². The van der Waals surface area contributed by atoms with E-state index in [1.54, 1.807) is 6.07 Å². The Labute approximate surface area is 94.7 Å². The zero-order valence-corrected chi connectivity index (χ0v) is 9.19. The van der Waals surface area contributed by atoms with Crippen molar-refractivity contribution in [2.24, 2.45) is 5.73 Å². The third kappa shape index (κ3) is 2.58. The third-order valence-corrected chi connectivity index (χ3v) is 2.99. The molecule has 1 aromatic carbocycles. The lowest BCUT2D eigenvalue weighted by Crippen LogP contribution is -2.22. The monoisotopic (exact) mass is 224 g/mol. The van der Waals surface area contributed by atoms with E-state index in [4.69, 9.17) is 5.73 Å². The zero-order chi connectivity index (χ0) is 11.5. The summed E-state index contributed by atoms with van der Waals surface area (Å²) in [5.41, 5.74) is 6.92. The highest BCUT2D eigenvalue weighted by Crippen LogP contribution is 2.16. The minimum atomic E-state index is -0.258. The molecule has 4 heteroatoms. The topological polar surface area (TPSA) is 49.5 Å². The summed E-state index contributed by atoms with van der Waals surface area (Å²) in [5, 5.41) is 9.38. The van der Waals surface area contributed by atoms with Gasteiger partial charge in [0.05, 0.1) is 6.10 Å². The van der Waals surface area contributed by atoms with Gasteiger partial charge in [-0.15, -0.1) is 0 Å². The summed E-state index contributed by atoms with van der Waals surface area (Å²) >= 11 is 0. The van der Waals surface area contributed by atoms with E-state index < -0.39 is 0 Å². The maximum atomic E-state index is 13.6. The van der Waals surface area contributed by atoms with Crippen molar-refractivity contribution in [2.75, 3.05) is 13.1 Å². The first-order valence-electron chi connectivity index (χ1n) is 5.57. The second kappa shape index (κ2) is 4.91. The molecule has 0 bridgehead atoms. The van der Waals surface area contributed by atoms with Crippen molar-refractivity contribution in [3.8, 4) is 0 Å². The predicted octanol–water partition coefficient (Wildman–Crippen LogP) is 0.851. The van der Waals surface area contributed by atoms with Gasteiger partial charge in [0.15, 0.2) is 0 Å². The average molecular weight is 224 g/mol. The minimum absolute atomic E-state index is 0.204. The summed E-state index contributed by atoms with van der Waals surface area (Å²) in [6, 6.07) is 5.12. The number of nitrogens with zero attached hydrogens (tertiary/aromatic N) is 1. The van der Waals surface area contributed by atoms with Crippen LogP contribution in [0.5, 0.6) is 0 Å². The molecule has 0 aliphatic carbocycles. The van der Waals surface area contributed by atoms with Gasteiger partial charge in [-0.3, -0.25) is 4.90 Å². The van der Waals surface area contributed by atoms with Gasteiger partial charge in [-0.25, -0.2) is 4.39 Å². The standard InChI is InChI=1S/C12H17FN2O/c13-12-5-9(6-14)1-2-10(12)7-15-4-3-11(16)8-15/h1-2,5,11,16H,3-4,6-8,14H2. The molecule has 1 aliphatic heterocycles. The highest BCUT2D eigenvalue weighted by molar-refractivity contribution is 5.24. The summed E-state index contributed by atoms with van der Waals surface area (Å²) < 4.78 is 13.6. The molecule has 2 rings (SSSR count). The van der Waals surface area contributed by atoms with Crippen LogP contribution in [-0.4, -0.2) is 29.2 Å². The van der Waals surface area contributed by atoms with Crippen LogP contribution in [0.15, 0.2) is 18.2 Å². The van der Waals surface area contributed by atoms with Gasteiger partial charge in [0, 0.05) is 31.7 Å². The second-order valence-electron chi connectivity index (χ2n) is 4.31. The van der Waals surface area contributed by atoms with Crippen LogP contribution >= 0.6 is 0 Å². The second-order valence-corrected chi connectivity index (χ2v) is 4.31. The van der Waals surface area contributed by atoms with E-state index in [1.807, 2.05) is 6.07 Å². The number of benzene rings is 1. The number of aliphatic hydroxyl groups is 1. The van der Waals surface area contributed by atoms with E-state index in [0.29, 0.717) is 25.2 Å². The number of hydrogen-bond acceptors (Lipinski definition) is 3. The Morgan fingerprint density at radius 1 is 1.50 bits per heavy atom. The maximum absolute atomic E-state index is 13.6. The van der Waals surface area contributed by atoms with Crippen LogP contribution < -0.4 is 5.73 Å². The van der Waals surface area contributed by atoms with Crippen LogP contribution in [0, 0.1) is 5.82 Å². The van der Waals surface area contributed by atoms with Gasteiger partial charge in [0.25, 0.3) is 0 Å². The highest BCUT2D eigenvalue weighted by Gasteiger charge is 2.20. The molecule has 3 N–H and O–H groups in total. The summed E-state index contributed by atoms with van der Waals surface area (Å²) in [6.45, 7) is 2.39. The molecule has 1 heterocycles. The molecule has 1 fully saturated rings. The quantitative estimate of drug-likeness (QED) is 0.800. The molecule has 1 aromatic rings. The molecule has 0 saturated carbocycles. The lowest BCUT2D eigenvalue weighted by atomic mass is 10.1. The molecule has 0 amide bonds. The Hall–Kier alpha value is -0.970. The number of nitrogens with two attached hydrogens (primary N) is 1. The molecular weight excluding hydrogens is 207 g/mol. The molecule has 0 spiro atoms. The van der Waals surface area contributed by atoms with Gasteiger partial charge in [-0.05, 0) is 18.1 Å². The minimum Gasteiger partial charge on any atom is -0.392 e. The number of hydrogen-bond donors (Lipinski definition) is 2. The van der Waals surface area contributed by atoms with E-state index in [0.717, 1.165) is 18.5 Å². The molecule has 1 atom stereocenters. The first-order valence-corrected chi connectivity index (χ1v) is 5.57. The fourth-order valence-electron chi connectivity index (χ4n) is 2.04. The Morgan fingerprint density at radius 3 is 2.88 bits per heavy atom. The fraction of sp³-hybridized carbons (Fsp3) is 0.500. The van der Waals surface area contributed by atoms with Crippen molar-refractivity contribution in [1.29, 1.82) is 0 Å². The first-order chi connectivity index (χ1) is 7.69. The molecule has 0 aromatic heterocycles. The van der Waals surface area contributed by atoms with Crippen molar-refractivity contribution in [3.63, 3.8) is 0 Å². The van der Waals surface area contributed by atoms with Gasteiger partial charge >= 0.3 is 0 Å². The van der Waals surface area contributed by atoms with Gasteiger partial charge in [0.2, 0.25) is 0 Å². The predicted molar refractivity (Wildman–Crippen MR) is 60.2 cm³/mol. The highest BCUT2D eigenvalue weighted by atomic mass is 19.1. The normalized spacial score (nSPS) is 21.6. The van der Waals surface area contributed by atoms with Crippen molar-refractivity contribution in [1.82, 2.24) is 4.90 Å². The molecule has 16 heavy (non-hydrogen) atoms. The smallest absolute Gasteiger partial charge is 0.128 e.